The van der Waals surface area contributed by atoms with Crippen LogP contribution in [0.4, 0.5) is 18.9 Å². The largest absolute Gasteiger partial charge is 0.497 e. The zero-order valence-corrected chi connectivity index (χ0v) is 13.4. The molecule has 1 aromatic carbocycles. The Hall–Kier alpha value is -3.43. The summed E-state index contributed by atoms with van der Waals surface area (Å²) in [5.74, 6) is -0.470. The van der Waals surface area contributed by atoms with Crippen LogP contribution in [0.25, 0.3) is 5.69 Å². The number of carbonyl (C=O) groups excluding carboxylic acids is 1. The molecular formula is C16H12F3N5O2. The van der Waals surface area contributed by atoms with E-state index in [4.69, 9.17) is 4.74 Å². The van der Waals surface area contributed by atoms with Crippen LogP contribution in [0.15, 0.2) is 48.9 Å². The predicted octanol–water partition coefficient (Wildman–Crippen LogP) is 2.94. The fourth-order valence-electron chi connectivity index (χ4n) is 2.27. The minimum atomic E-state index is -4.79. The minimum Gasteiger partial charge on any atom is -0.497 e. The molecule has 0 aliphatic heterocycles. The first kappa shape index (κ1) is 17.4. The van der Waals surface area contributed by atoms with Crippen molar-refractivity contribution in [2.24, 2.45) is 0 Å². The fraction of sp³-hybridized carbons (Fsp3) is 0.125. The van der Waals surface area contributed by atoms with Gasteiger partial charge in [0.25, 0.3) is 5.91 Å². The van der Waals surface area contributed by atoms with Crippen LogP contribution in [0.2, 0.25) is 0 Å². The van der Waals surface area contributed by atoms with Gasteiger partial charge in [0.2, 0.25) is 0 Å². The number of aromatic nitrogens is 4. The molecule has 0 radical (unpaired) electrons. The quantitative estimate of drug-likeness (QED) is 0.771. The SMILES string of the molecule is COc1ccc(-n2ncc(C(=O)Nc3ccnnc3)c2C(F)(F)F)cc1. The van der Waals surface area contributed by atoms with Crippen LogP contribution in [0.5, 0.6) is 5.75 Å². The monoisotopic (exact) mass is 363 g/mol. The minimum absolute atomic E-state index is 0.141. The number of alkyl halides is 3. The van der Waals surface area contributed by atoms with Crippen LogP contribution in [-0.2, 0) is 6.18 Å². The molecule has 0 aliphatic carbocycles. The zero-order valence-electron chi connectivity index (χ0n) is 13.4. The number of ether oxygens (including phenoxy) is 1. The van der Waals surface area contributed by atoms with E-state index in [2.05, 4.69) is 20.6 Å². The first-order valence-corrected chi connectivity index (χ1v) is 7.28. The average Bonchev–Trinajstić information content (AvgIpc) is 3.08. The Morgan fingerprint density at radius 3 is 2.42 bits per heavy atom. The van der Waals surface area contributed by atoms with Gasteiger partial charge < -0.3 is 10.1 Å². The van der Waals surface area contributed by atoms with E-state index < -0.39 is 23.3 Å². The third-order valence-corrected chi connectivity index (χ3v) is 3.44. The number of anilines is 1. The molecule has 0 bridgehead atoms. The molecule has 0 aliphatic rings. The molecule has 0 fully saturated rings. The van der Waals surface area contributed by atoms with E-state index in [1.165, 1.54) is 49.8 Å². The Morgan fingerprint density at radius 2 is 1.85 bits per heavy atom. The highest BCUT2D eigenvalue weighted by molar-refractivity contribution is 6.05. The fourth-order valence-corrected chi connectivity index (χ4v) is 2.27. The smallest absolute Gasteiger partial charge is 0.434 e. The lowest BCUT2D eigenvalue weighted by atomic mass is 10.2. The maximum Gasteiger partial charge on any atom is 0.434 e. The van der Waals surface area contributed by atoms with Crippen molar-refractivity contribution in [1.29, 1.82) is 0 Å². The normalized spacial score (nSPS) is 11.2. The Kier molecular flexibility index (Phi) is 4.57. The molecule has 10 heteroatoms. The lowest BCUT2D eigenvalue weighted by Gasteiger charge is -2.13. The van der Waals surface area contributed by atoms with Gasteiger partial charge in [-0.2, -0.15) is 28.5 Å². The lowest BCUT2D eigenvalue weighted by molar-refractivity contribution is -0.143. The summed E-state index contributed by atoms with van der Waals surface area (Å²) >= 11 is 0. The van der Waals surface area contributed by atoms with Crippen molar-refractivity contribution in [1.82, 2.24) is 20.0 Å². The molecule has 1 amide bonds. The molecule has 1 N–H and O–H groups in total. The summed E-state index contributed by atoms with van der Waals surface area (Å²) in [5.41, 5.74) is -1.43. The number of halogens is 3. The highest BCUT2D eigenvalue weighted by atomic mass is 19.4. The lowest BCUT2D eigenvalue weighted by Crippen LogP contribution is -2.20. The van der Waals surface area contributed by atoms with Gasteiger partial charge in [0.1, 0.15) is 5.75 Å². The molecule has 0 atom stereocenters. The van der Waals surface area contributed by atoms with Gasteiger partial charge in [0.05, 0.1) is 42.6 Å². The van der Waals surface area contributed by atoms with Crippen molar-refractivity contribution < 1.29 is 22.7 Å². The van der Waals surface area contributed by atoms with E-state index in [9.17, 15) is 18.0 Å². The second-order valence-corrected chi connectivity index (χ2v) is 5.10. The maximum absolute atomic E-state index is 13.6. The number of amides is 1. The second-order valence-electron chi connectivity index (χ2n) is 5.10. The highest BCUT2D eigenvalue weighted by Crippen LogP contribution is 2.34. The molecule has 2 heterocycles. The summed E-state index contributed by atoms with van der Waals surface area (Å²) in [4.78, 5) is 12.3. The maximum atomic E-state index is 13.6. The summed E-state index contributed by atoms with van der Waals surface area (Å²) in [6.07, 6.45) is -1.39. The van der Waals surface area contributed by atoms with Crippen LogP contribution < -0.4 is 10.1 Å². The molecule has 0 saturated carbocycles. The van der Waals surface area contributed by atoms with E-state index >= 15 is 0 Å². The molecule has 0 unspecified atom stereocenters. The number of hydrogen-bond donors (Lipinski definition) is 1. The molecule has 3 rings (SSSR count). The molecule has 7 nitrogen and oxygen atoms in total. The highest BCUT2D eigenvalue weighted by Gasteiger charge is 2.40. The summed E-state index contributed by atoms with van der Waals surface area (Å²) in [6.45, 7) is 0. The van der Waals surface area contributed by atoms with Crippen molar-refractivity contribution in [3.63, 3.8) is 0 Å². The Labute approximate surface area is 145 Å². The van der Waals surface area contributed by atoms with E-state index in [1.807, 2.05) is 0 Å². The van der Waals surface area contributed by atoms with E-state index in [0.29, 0.717) is 10.4 Å². The van der Waals surface area contributed by atoms with Gasteiger partial charge in [-0.15, -0.1) is 0 Å². The van der Waals surface area contributed by atoms with Crippen LogP contribution in [0.1, 0.15) is 16.1 Å². The summed E-state index contributed by atoms with van der Waals surface area (Å²) < 4.78 is 46.4. The van der Waals surface area contributed by atoms with Gasteiger partial charge in [0.15, 0.2) is 5.69 Å². The van der Waals surface area contributed by atoms with Crippen molar-refractivity contribution in [2.45, 2.75) is 6.18 Å². The first-order chi connectivity index (χ1) is 12.4. The van der Waals surface area contributed by atoms with Gasteiger partial charge >= 0.3 is 6.18 Å². The standard InChI is InChI=1S/C16H12F3N5O2/c1-26-12-4-2-11(3-5-12)24-14(16(17,18)19)13(9-22-24)15(25)23-10-6-7-20-21-8-10/h2-9H,1H3,(H,20,23,25). The molecule has 0 saturated heterocycles. The van der Waals surface area contributed by atoms with Gasteiger partial charge in [-0.25, -0.2) is 4.68 Å². The topological polar surface area (TPSA) is 81.9 Å². The molecule has 0 spiro atoms. The number of carbonyl (C=O) groups is 1. The number of hydrogen-bond acceptors (Lipinski definition) is 5. The van der Waals surface area contributed by atoms with Crippen molar-refractivity contribution in [2.75, 3.05) is 12.4 Å². The van der Waals surface area contributed by atoms with E-state index in [0.717, 1.165) is 6.20 Å². The van der Waals surface area contributed by atoms with Crippen molar-refractivity contribution >= 4 is 11.6 Å². The number of nitrogens with one attached hydrogen (secondary N) is 1. The van der Waals surface area contributed by atoms with E-state index in [-0.39, 0.29) is 11.4 Å². The van der Waals surface area contributed by atoms with Crippen molar-refractivity contribution in [3.05, 3.63) is 60.2 Å². The van der Waals surface area contributed by atoms with Crippen LogP contribution in [-0.4, -0.2) is 33.0 Å². The Morgan fingerprint density at radius 1 is 1.12 bits per heavy atom. The summed E-state index contributed by atoms with van der Waals surface area (Å²) in [7, 11) is 1.44. The average molecular weight is 363 g/mol. The Bertz CT molecular complexity index is 908. The second kappa shape index (κ2) is 6.82. The number of methoxy groups -OCH3 is 1. The summed E-state index contributed by atoms with van der Waals surface area (Å²) in [6, 6.07) is 7.23. The third-order valence-electron chi connectivity index (χ3n) is 3.44. The number of benzene rings is 1. The zero-order chi connectivity index (χ0) is 18.7. The molecule has 26 heavy (non-hydrogen) atoms. The molecule has 3 aromatic rings. The first-order valence-electron chi connectivity index (χ1n) is 7.28. The van der Waals surface area contributed by atoms with E-state index in [1.54, 1.807) is 0 Å². The van der Waals surface area contributed by atoms with Gasteiger partial charge in [-0.3, -0.25) is 4.79 Å². The Balaban J connectivity index is 2.01. The van der Waals surface area contributed by atoms with Crippen molar-refractivity contribution in [3.8, 4) is 11.4 Å². The predicted molar refractivity (Wildman–Crippen MR) is 85.1 cm³/mol. The third kappa shape index (κ3) is 3.48. The number of rotatable bonds is 4. The number of nitrogens with zero attached hydrogens (tertiary/aromatic N) is 4. The molecular weight excluding hydrogens is 351 g/mol. The van der Waals surface area contributed by atoms with Crippen LogP contribution in [0.3, 0.4) is 0 Å². The van der Waals surface area contributed by atoms with Crippen LogP contribution in [0, 0.1) is 0 Å². The molecule has 2 aromatic heterocycles. The molecule has 134 valence electrons. The van der Waals surface area contributed by atoms with Gasteiger partial charge in [-0.1, -0.05) is 0 Å². The van der Waals surface area contributed by atoms with Gasteiger partial charge in [0, 0.05) is 0 Å². The van der Waals surface area contributed by atoms with Gasteiger partial charge in [-0.05, 0) is 30.3 Å². The van der Waals surface area contributed by atoms with Crippen LogP contribution >= 0.6 is 0 Å². The summed E-state index contributed by atoms with van der Waals surface area (Å²) in [5, 5.41) is 13.2.